The fraction of sp³-hybridized carbons (Fsp3) is 0.529. The van der Waals surface area contributed by atoms with Crippen LogP contribution in [-0.2, 0) is 6.54 Å². The molecule has 0 saturated carbocycles. The fourth-order valence-electron chi connectivity index (χ4n) is 2.66. The predicted molar refractivity (Wildman–Crippen MR) is 80.1 cm³/mol. The minimum atomic E-state index is -0.586. The van der Waals surface area contributed by atoms with Crippen LogP contribution in [-0.4, -0.2) is 40.4 Å². The van der Waals surface area contributed by atoms with Crippen molar-refractivity contribution in [2.75, 3.05) is 19.7 Å². The van der Waals surface area contributed by atoms with Gasteiger partial charge in [0.15, 0.2) is 0 Å². The number of aliphatic hydroxyl groups excluding tert-OH is 1. The molecule has 1 heterocycles. The quantitative estimate of drug-likeness (QED) is 0.818. The van der Waals surface area contributed by atoms with Crippen LogP contribution in [0.25, 0.3) is 0 Å². The number of benzene rings is 1. The Bertz CT molecular complexity index is 545. The number of hydrogen-bond acceptors (Lipinski definition) is 3. The Morgan fingerprint density at radius 2 is 2.14 bits per heavy atom. The van der Waals surface area contributed by atoms with Gasteiger partial charge in [-0.05, 0) is 50.4 Å². The van der Waals surface area contributed by atoms with E-state index in [9.17, 15) is 9.50 Å². The number of hydrogen-bond donors (Lipinski definition) is 2. The third kappa shape index (κ3) is 4.82. The summed E-state index contributed by atoms with van der Waals surface area (Å²) in [4.78, 5) is 2.26. The van der Waals surface area contributed by atoms with E-state index >= 15 is 0 Å². The summed E-state index contributed by atoms with van der Waals surface area (Å²) in [5, 5.41) is 18.9. The molecule has 3 nitrogen and oxygen atoms in total. The second-order valence-corrected chi connectivity index (χ2v) is 5.89. The summed E-state index contributed by atoms with van der Waals surface area (Å²) >= 11 is 0. The number of aliphatic hydroxyl groups is 2. The lowest BCUT2D eigenvalue weighted by Crippen LogP contribution is -2.28. The average Bonchev–Trinajstić information content (AvgIpc) is 2.60. The SMILES string of the molecule is CC1(O)CCCN(Cc2ccc(F)cc2C#CCO)CC1. The largest absolute Gasteiger partial charge is 0.390 e. The fourth-order valence-corrected chi connectivity index (χ4v) is 2.66. The van der Waals surface area contributed by atoms with Crippen LogP contribution < -0.4 is 0 Å². The molecule has 1 aliphatic heterocycles. The molecule has 1 aromatic rings. The van der Waals surface area contributed by atoms with Crippen molar-refractivity contribution in [3.8, 4) is 11.8 Å². The maximum absolute atomic E-state index is 13.3. The molecule has 0 aromatic heterocycles. The molecular weight excluding hydrogens is 269 g/mol. The number of nitrogens with zero attached hydrogens (tertiary/aromatic N) is 1. The van der Waals surface area contributed by atoms with Crippen molar-refractivity contribution in [2.24, 2.45) is 0 Å². The molecule has 114 valence electrons. The zero-order valence-corrected chi connectivity index (χ0v) is 12.4. The molecule has 4 heteroatoms. The van der Waals surface area contributed by atoms with Crippen molar-refractivity contribution in [3.05, 3.63) is 35.1 Å². The smallest absolute Gasteiger partial charge is 0.124 e. The van der Waals surface area contributed by atoms with E-state index in [4.69, 9.17) is 5.11 Å². The van der Waals surface area contributed by atoms with Crippen LogP contribution in [0, 0.1) is 17.7 Å². The Hall–Kier alpha value is -1.41. The molecule has 21 heavy (non-hydrogen) atoms. The first-order valence-corrected chi connectivity index (χ1v) is 7.33. The van der Waals surface area contributed by atoms with Crippen LogP contribution >= 0.6 is 0 Å². The lowest BCUT2D eigenvalue weighted by molar-refractivity contribution is 0.0444. The molecule has 1 unspecified atom stereocenters. The monoisotopic (exact) mass is 291 g/mol. The normalized spacial score (nSPS) is 23.2. The molecule has 0 spiro atoms. The summed E-state index contributed by atoms with van der Waals surface area (Å²) < 4.78 is 13.3. The summed E-state index contributed by atoms with van der Waals surface area (Å²) in [6.07, 6.45) is 2.50. The van der Waals surface area contributed by atoms with Crippen molar-refractivity contribution >= 4 is 0 Å². The van der Waals surface area contributed by atoms with Gasteiger partial charge in [-0.2, -0.15) is 0 Å². The first-order valence-electron chi connectivity index (χ1n) is 7.33. The standard InChI is InChI=1S/C17H22FNO2/c1-17(21)7-3-9-19(10-8-17)13-15-5-6-16(18)12-14(15)4-2-11-20/h5-6,12,20-21H,3,7-11,13H2,1H3. The van der Waals surface area contributed by atoms with Crippen LogP contribution in [0.4, 0.5) is 4.39 Å². The second kappa shape index (κ2) is 7.04. The number of likely N-dealkylation sites (tertiary alicyclic amines) is 1. The van der Waals surface area contributed by atoms with Gasteiger partial charge >= 0.3 is 0 Å². The molecule has 1 fully saturated rings. The third-order valence-corrected chi connectivity index (χ3v) is 3.92. The average molecular weight is 291 g/mol. The first-order chi connectivity index (χ1) is 10.00. The summed E-state index contributed by atoms with van der Waals surface area (Å²) in [5.74, 6) is 5.06. The van der Waals surface area contributed by atoms with Crippen LogP contribution in [0.15, 0.2) is 18.2 Å². The molecule has 1 saturated heterocycles. The van der Waals surface area contributed by atoms with E-state index in [0.29, 0.717) is 12.1 Å². The Labute approximate surface area is 125 Å². The van der Waals surface area contributed by atoms with Gasteiger partial charge in [-0.15, -0.1) is 0 Å². The first kappa shape index (κ1) is 16.0. The zero-order chi connectivity index (χ0) is 15.3. The van der Waals surface area contributed by atoms with E-state index in [-0.39, 0.29) is 12.4 Å². The third-order valence-electron chi connectivity index (χ3n) is 3.92. The molecule has 0 radical (unpaired) electrons. The number of halogens is 1. The van der Waals surface area contributed by atoms with Gasteiger partial charge in [0.2, 0.25) is 0 Å². The Morgan fingerprint density at radius 3 is 2.90 bits per heavy atom. The number of rotatable bonds is 2. The van der Waals surface area contributed by atoms with Gasteiger partial charge in [-0.3, -0.25) is 4.90 Å². The Morgan fingerprint density at radius 1 is 1.33 bits per heavy atom. The van der Waals surface area contributed by atoms with Gasteiger partial charge < -0.3 is 10.2 Å². The van der Waals surface area contributed by atoms with Crippen LogP contribution in [0.1, 0.15) is 37.3 Å². The molecule has 2 rings (SSSR count). The molecule has 0 bridgehead atoms. The lowest BCUT2D eigenvalue weighted by Gasteiger charge is -2.22. The van der Waals surface area contributed by atoms with Crippen LogP contribution in [0.3, 0.4) is 0 Å². The van der Waals surface area contributed by atoms with Crippen molar-refractivity contribution < 1.29 is 14.6 Å². The summed E-state index contributed by atoms with van der Waals surface area (Å²) in [5.41, 5.74) is 0.996. The van der Waals surface area contributed by atoms with E-state index in [2.05, 4.69) is 16.7 Å². The topological polar surface area (TPSA) is 43.7 Å². The maximum atomic E-state index is 13.3. The zero-order valence-electron chi connectivity index (χ0n) is 12.4. The summed E-state index contributed by atoms with van der Waals surface area (Å²) in [6, 6.07) is 4.60. The van der Waals surface area contributed by atoms with Gasteiger partial charge in [-0.25, -0.2) is 4.39 Å². The van der Waals surface area contributed by atoms with E-state index in [1.165, 1.54) is 12.1 Å². The van der Waals surface area contributed by atoms with E-state index in [0.717, 1.165) is 37.9 Å². The molecule has 2 N–H and O–H groups in total. The highest BCUT2D eigenvalue weighted by Gasteiger charge is 2.25. The van der Waals surface area contributed by atoms with E-state index in [1.807, 2.05) is 6.92 Å². The van der Waals surface area contributed by atoms with Crippen molar-refractivity contribution in [2.45, 2.75) is 38.3 Å². The van der Waals surface area contributed by atoms with Gasteiger partial charge in [0.05, 0.1) is 5.60 Å². The lowest BCUT2D eigenvalue weighted by atomic mass is 9.98. The van der Waals surface area contributed by atoms with Gasteiger partial charge in [0.1, 0.15) is 12.4 Å². The second-order valence-electron chi connectivity index (χ2n) is 5.89. The van der Waals surface area contributed by atoms with Crippen LogP contribution in [0.5, 0.6) is 0 Å². The van der Waals surface area contributed by atoms with Gasteiger partial charge in [-0.1, -0.05) is 17.9 Å². The summed E-state index contributed by atoms with van der Waals surface area (Å²) in [6.45, 7) is 4.07. The molecule has 1 aliphatic rings. The van der Waals surface area contributed by atoms with Gasteiger partial charge in [0, 0.05) is 18.7 Å². The van der Waals surface area contributed by atoms with Crippen molar-refractivity contribution in [1.29, 1.82) is 0 Å². The van der Waals surface area contributed by atoms with Crippen molar-refractivity contribution in [3.63, 3.8) is 0 Å². The Balaban J connectivity index is 2.12. The molecule has 0 amide bonds. The van der Waals surface area contributed by atoms with E-state index in [1.54, 1.807) is 6.07 Å². The molecule has 0 aliphatic carbocycles. The van der Waals surface area contributed by atoms with Crippen molar-refractivity contribution in [1.82, 2.24) is 4.90 Å². The molecule has 1 atom stereocenters. The highest BCUT2D eigenvalue weighted by Crippen LogP contribution is 2.23. The van der Waals surface area contributed by atoms with Gasteiger partial charge in [0.25, 0.3) is 0 Å². The maximum Gasteiger partial charge on any atom is 0.124 e. The Kier molecular flexibility index (Phi) is 5.35. The summed E-state index contributed by atoms with van der Waals surface area (Å²) in [7, 11) is 0. The highest BCUT2D eigenvalue weighted by atomic mass is 19.1. The highest BCUT2D eigenvalue weighted by molar-refractivity contribution is 5.41. The molecular formula is C17H22FNO2. The van der Waals surface area contributed by atoms with E-state index < -0.39 is 5.60 Å². The minimum absolute atomic E-state index is 0.234. The predicted octanol–water partition coefficient (Wildman–Crippen LogP) is 1.91. The van der Waals surface area contributed by atoms with Crippen LogP contribution in [0.2, 0.25) is 0 Å². The minimum Gasteiger partial charge on any atom is -0.390 e. The molecule has 1 aromatic carbocycles.